The number of hydrogen-bond acceptors (Lipinski definition) is 2. The second-order valence-electron chi connectivity index (χ2n) is 3.09. The molecule has 1 aromatic heterocycles. The summed E-state index contributed by atoms with van der Waals surface area (Å²) in [5, 5.41) is 1.35. The molecule has 0 radical (unpaired) electrons. The fraction of sp³-hybridized carbons (Fsp3) is 0. The van der Waals surface area contributed by atoms with Crippen molar-refractivity contribution in [2.45, 2.75) is 0 Å². The van der Waals surface area contributed by atoms with Gasteiger partial charge in [0.25, 0.3) is 11.5 Å². The normalized spacial score (nSPS) is 13.7. The van der Waals surface area contributed by atoms with Crippen LogP contribution in [0.5, 0.6) is 0 Å². The van der Waals surface area contributed by atoms with E-state index in [-0.39, 0.29) is 11.5 Å². The number of rotatable bonds is 0. The third-order valence-electron chi connectivity index (χ3n) is 2.34. The average Bonchev–Trinajstić information content (AvgIpc) is 2.36. The monoisotopic (exact) mass is 171 g/mol. The van der Waals surface area contributed by atoms with Gasteiger partial charge in [0.05, 0.1) is 10.7 Å². The Balaban J connectivity index is 2.83. The summed E-state index contributed by atoms with van der Waals surface area (Å²) in [6.45, 7) is 0. The Labute approximate surface area is 72.9 Å². The van der Waals surface area contributed by atoms with Crippen molar-refractivity contribution in [2.24, 2.45) is 0 Å². The van der Waals surface area contributed by atoms with Gasteiger partial charge in [-0.25, -0.2) is 4.57 Å². The first-order chi connectivity index (χ1) is 6.27. The van der Waals surface area contributed by atoms with Crippen molar-refractivity contribution < 1.29 is 4.79 Å². The Hall–Kier alpha value is -1.90. The summed E-state index contributed by atoms with van der Waals surface area (Å²) >= 11 is 0. The predicted molar refractivity (Wildman–Crippen MR) is 48.5 cm³/mol. The minimum absolute atomic E-state index is 0.196. The molecular weight excluding hydrogens is 166 g/mol. The Bertz CT molecular complexity index is 637. The summed E-state index contributed by atoms with van der Waals surface area (Å²) in [6, 6.07) is 7.28. The second-order valence-corrected chi connectivity index (χ2v) is 3.09. The smallest absolute Gasteiger partial charge is 0.266 e. The molecule has 0 spiro atoms. The van der Waals surface area contributed by atoms with Crippen molar-refractivity contribution in [1.82, 2.24) is 4.57 Å². The Kier molecular flexibility index (Phi) is 0.953. The van der Waals surface area contributed by atoms with Crippen molar-refractivity contribution in [2.75, 3.05) is 0 Å². The quantitative estimate of drug-likeness (QED) is 0.566. The lowest BCUT2D eigenvalue weighted by Gasteiger charge is -1.99. The van der Waals surface area contributed by atoms with Crippen LogP contribution in [0.1, 0.15) is 4.79 Å². The van der Waals surface area contributed by atoms with Gasteiger partial charge in [-0.3, -0.25) is 9.59 Å². The first kappa shape index (κ1) is 6.60. The molecule has 2 heterocycles. The number of benzene rings is 1. The van der Waals surface area contributed by atoms with Crippen molar-refractivity contribution >= 4 is 22.9 Å². The highest BCUT2D eigenvalue weighted by Gasteiger charge is 2.16. The number of hydrogen-bond donors (Lipinski definition) is 0. The summed E-state index contributed by atoms with van der Waals surface area (Å²) in [5.41, 5.74) is 0.475. The number of nitrogens with zero attached hydrogens (tertiary/aromatic N) is 1. The molecule has 0 atom stereocenters. The summed E-state index contributed by atoms with van der Waals surface area (Å²) in [5.74, 6) is -0.235. The molecule has 0 saturated carbocycles. The van der Waals surface area contributed by atoms with Gasteiger partial charge in [0.15, 0.2) is 0 Å². The lowest BCUT2D eigenvalue weighted by atomic mass is 10.2. The molecule has 0 fully saturated rings. The highest BCUT2D eigenvalue weighted by atomic mass is 16.2. The third-order valence-corrected chi connectivity index (χ3v) is 2.34. The van der Waals surface area contributed by atoms with Gasteiger partial charge in [-0.1, -0.05) is 12.1 Å². The molecule has 2 aromatic rings. The molecular formula is C10H5NO2. The van der Waals surface area contributed by atoms with Crippen LogP contribution in [0.2, 0.25) is 0 Å². The molecule has 1 aliphatic heterocycles. The molecule has 4 bridgehead atoms. The fourth-order valence-corrected chi connectivity index (χ4v) is 1.73. The molecule has 0 saturated heterocycles. The summed E-state index contributed by atoms with van der Waals surface area (Å²) in [7, 11) is 0. The molecule has 3 heteroatoms. The van der Waals surface area contributed by atoms with Crippen LogP contribution in [0, 0.1) is 0 Å². The van der Waals surface area contributed by atoms with E-state index < -0.39 is 0 Å². The van der Waals surface area contributed by atoms with E-state index in [2.05, 4.69) is 0 Å². The molecule has 1 aromatic carbocycles. The molecule has 0 N–H and O–H groups in total. The van der Waals surface area contributed by atoms with Crippen LogP contribution < -0.4 is 10.8 Å². The molecule has 3 nitrogen and oxygen atoms in total. The van der Waals surface area contributed by atoms with Crippen LogP contribution in [0.15, 0.2) is 29.1 Å². The van der Waals surface area contributed by atoms with Gasteiger partial charge in [0.2, 0.25) is 0 Å². The fourth-order valence-electron chi connectivity index (χ4n) is 1.73. The molecule has 13 heavy (non-hydrogen) atoms. The van der Waals surface area contributed by atoms with Crippen LogP contribution in [-0.2, 0) is 0 Å². The largest absolute Gasteiger partial charge is 0.269 e. The van der Waals surface area contributed by atoms with E-state index in [9.17, 15) is 9.59 Å². The Morgan fingerprint density at radius 1 is 1.15 bits per heavy atom. The topological polar surface area (TPSA) is 39.1 Å². The maximum Gasteiger partial charge on any atom is 0.266 e. The molecule has 0 unspecified atom stereocenters. The zero-order chi connectivity index (χ0) is 9.00. The van der Waals surface area contributed by atoms with E-state index in [1.54, 1.807) is 6.07 Å². The van der Waals surface area contributed by atoms with Crippen LogP contribution in [-0.4, -0.2) is 10.5 Å². The first-order valence-corrected chi connectivity index (χ1v) is 3.98. The van der Waals surface area contributed by atoms with Crippen LogP contribution in [0.4, 0.5) is 0 Å². The maximum atomic E-state index is 11.5. The first-order valence-electron chi connectivity index (χ1n) is 3.98. The van der Waals surface area contributed by atoms with E-state index in [0.717, 1.165) is 5.39 Å². The second kappa shape index (κ2) is 1.88. The number of carbonyl (C=O) groups excluding carboxylic acids is 1. The molecule has 3 rings (SSSR count). The summed E-state index contributed by atoms with van der Waals surface area (Å²) in [4.78, 5) is 22.9. The van der Waals surface area contributed by atoms with Crippen LogP contribution >= 0.6 is 0 Å². The van der Waals surface area contributed by atoms with E-state index in [4.69, 9.17) is 0 Å². The van der Waals surface area contributed by atoms with Crippen molar-refractivity contribution in [3.8, 4) is 0 Å². The molecule has 1 aliphatic rings. The number of pyridine rings is 1. The minimum atomic E-state index is -0.235. The molecule has 0 aliphatic carbocycles. The SMILES string of the molecule is O=C1C=c2c(=O)n1c1cccc2c1. The van der Waals surface area contributed by atoms with Crippen molar-refractivity contribution in [1.29, 1.82) is 0 Å². The average molecular weight is 171 g/mol. The van der Waals surface area contributed by atoms with E-state index in [0.29, 0.717) is 10.7 Å². The predicted octanol–water partition coefficient (Wildman–Crippen LogP) is 0.155. The minimum Gasteiger partial charge on any atom is -0.269 e. The number of carbonyl (C=O) groups is 1. The van der Waals surface area contributed by atoms with E-state index in [1.165, 1.54) is 10.6 Å². The van der Waals surface area contributed by atoms with Gasteiger partial charge in [0, 0.05) is 6.08 Å². The highest BCUT2D eigenvalue weighted by molar-refractivity contribution is 6.11. The molecule has 62 valence electrons. The summed E-state index contributed by atoms with van der Waals surface area (Å²) < 4.78 is 1.20. The molecule has 0 amide bonds. The zero-order valence-corrected chi connectivity index (χ0v) is 6.65. The Morgan fingerprint density at radius 2 is 2.00 bits per heavy atom. The van der Waals surface area contributed by atoms with Gasteiger partial charge in [-0.2, -0.15) is 0 Å². The van der Waals surface area contributed by atoms with Crippen molar-refractivity contribution in [3.63, 3.8) is 0 Å². The van der Waals surface area contributed by atoms with E-state index >= 15 is 0 Å². The lowest BCUT2D eigenvalue weighted by Crippen LogP contribution is -2.29. The zero-order valence-electron chi connectivity index (χ0n) is 6.65. The van der Waals surface area contributed by atoms with Gasteiger partial charge in [-0.15, -0.1) is 0 Å². The van der Waals surface area contributed by atoms with Crippen LogP contribution in [0.25, 0.3) is 17.0 Å². The van der Waals surface area contributed by atoms with Gasteiger partial charge in [-0.05, 0) is 17.5 Å². The van der Waals surface area contributed by atoms with E-state index in [1.807, 2.05) is 18.2 Å². The maximum absolute atomic E-state index is 11.5. The lowest BCUT2D eigenvalue weighted by molar-refractivity contribution is 0.0992. The van der Waals surface area contributed by atoms with Crippen LogP contribution in [0.3, 0.4) is 0 Å². The van der Waals surface area contributed by atoms with Gasteiger partial charge in [0.1, 0.15) is 0 Å². The van der Waals surface area contributed by atoms with Gasteiger partial charge >= 0.3 is 0 Å². The third kappa shape index (κ3) is 0.643. The summed E-state index contributed by atoms with van der Waals surface area (Å²) in [6.07, 6.45) is 1.39. The highest BCUT2D eigenvalue weighted by Crippen LogP contribution is 2.07. The standard InChI is InChI=1S/C10H5NO2/c12-9-5-8-6-2-1-3-7(4-6)11(9)10(8)13/h1-5H. The Morgan fingerprint density at radius 3 is 2.85 bits per heavy atom. The number of fused-ring (bicyclic) bond motifs is 6. The van der Waals surface area contributed by atoms with Crippen molar-refractivity contribution in [3.05, 3.63) is 39.8 Å². The number of aromatic nitrogens is 1. The van der Waals surface area contributed by atoms with Gasteiger partial charge < -0.3 is 0 Å².